The van der Waals surface area contributed by atoms with Gasteiger partial charge in [0, 0.05) is 29.9 Å². The van der Waals surface area contributed by atoms with E-state index in [-0.39, 0.29) is 5.91 Å². The fourth-order valence-electron chi connectivity index (χ4n) is 2.92. The number of amides is 1. The zero-order valence-corrected chi connectivity index (χ0v) is 14.9. The van der Waals surface area contributed by atoms with Crippen LogP contribution in [0, 0.1) is 0 Å². The van der Waals surface area contributed by atoms with Crippen molar-refractivity contribution >= 4 is 22.5 Å². The van der Waals surface area contributed by atoms with E-state index in [2.05, 4.69) is 15.5 Å². The first kappa shape index (κ1) is 16.8. The number of carbonyl (C=O) groups is 1. The molecule has 0 radical (unpaired) electrons. The standard InChI is InChI=1S/C20H19N5O2/c1-27-18-7-8-19-15(13-18)14-22-25(19)12-9-20(26)23-16-3-5-17(6-4-16)24-11-2-10-21-24/h2-8,10-11,13-14H,9,12H2,1H3,(H,23,26). The maximum Gasteiger partial charge on any atom is 0.226 e. The highest BCUT2D eigenvalue weighted by Gasteiger charge is 2.08. The maximum absolute atomic E-state index is 12.3. The summed E-state index contributed by atoms with van der Waals surface area (Å²) in [7, 11) is 1.64. The van der Waals surface area contributed by atoms with Crippen LogP contribution in [0.2, 0.25) is 0 Å². The van der Waals surface area contributed by atoms with Gasteiger partial charge in [0.15, 0.2) is 0 Å². The van der Waals surface area contributed by atoms with Crippen molar-refractivity contribution in [1.29, 1.82) is 0 Å². The Labute approximate surface area is 156 Å². The zero-order chi connectivity index (χ0) is 18.6. The number of rotatable bonds is 6. The highest BCUT2D eigenvalue weighted by molar-refractivity contribution is 5.90. The first-order chi connectivity index (χ1) is 13.2. The summed E-state index contributed by atoms with van der Waals surface area (Å²) in [4.78, 5) is 12.3. The molecule has 27 heavy (non-hydrogen) atoms. The van der Waals surface area contributed by atoms with E-state index >= 15 is 0 Å². The fourth-order valence-corrected chi connectivity index (χ4v) is 2.92. The summed E-state index contributed by atoms with van der Waals surface area (Å²) in [6.45, 7) is 0.507. The van der Waals surface area contributed by atoms with Gasteiger partial charge in [-0.05, 0) is 48.5 Å². The van der Waals surface area contributed by atoms with Gasteiger partial charge in [0.2, 0.25) is 5.91 Å². The molecular formula is C20H19N5O2. The van der Waals surface area contributed by atoms with Crippen LogP contribution in [0.15, 0.2) is 67.1 Å². The van der Waals surface area contributed by atoms with E-state index in [1.165, 1.54) is 0 Å². The third-order valence-electron chi connectivity index (χ3n) is 4.32. The van der Waals surface area contributed by atoms with Crippen molar-refractivity contribution in [2.45, 2.75) is 13.0 Å². The summed E-state index contributed by atoms with van der Waals surface area (Å²) < 4.78 is 8.82. The summed E-state index contributed by atoms with van der Waals surface area (Å²) in [5, 5.41) is 12.4. The number of aryl methyl sites for hydroxylation is 1. The van der Waals surface area contributed by atoms with Crippen LogP contribution < -0.4 is 10.1 Å². The minimum absolute atomic E-state index is 0.0565. The van der Waals surface area contributed by atoms with Gasteiger partial charge in [0.25, 0.3) is 0 Å². The molecule has 0 aliphatic carbocycles. The van der Waals surface area contributed by atoms with E-state index in [0.29, 0.717) is 13.0 Å². The molecule has 0 saturated heterocycles. The van der Waals surface area contributed by atoms with Gasteiger partial charge in [0.1, 0.15) is 5.75 Å². The smallest absolute Gasteiger partial charge is 0.226 e. The molecule has 4 rings (SSSR count). The van der Waals surface area contributed by atoms with Crippen molar-refractivity contribution in [1.82, 2.24) is 19.6 Å². The molecule has 0 aliphatic heterocycles. The lowest BCUT2D eigenvalue weighted by Crippen LogP contribution is -2.15. The molecule has 0 spiro atoms. The molecule has 2 aromatic heterocycles. The summed E-state index contributed by atoms with van der Waals surface area (Å²) in [6, 6.07) is 15.2. The first-order valence-electron chi connectivity index (χ1n) is 8.62. The monoisotopic (exact) mass is 361 g/mol. The van der Waals surface area contributed by atoms with Crippen molar-refractivity contribution < 1.29 is 9.53 Å². The van der Waals surface area contributed by atoms with Gasteiger partial charge in [-0.3, -0.25) is 9.48 Å². The number of methoxy groups -OCH3 is 1. The summed E-state index contributed by atoms with van der Waals surface area (Å²) in [5.74, 6) is 0.734. The van der Waals surface area contributed by atoms with Gasteiger partial charge in [-0.2, -0.15) is 10.2 Å². The summed E-state index contributed by atoms with van der Waals surface area (Å²) >= 11 is 0. The van der Waals surface area contributed by atoms with Crippen molar-refractivity contribution in [3.8, 4) is 11.4 Å². The lowest BCUT2D eigenvalue weighted by Gasteiger charge is -2.08. The van der Waals surface area contributed by atoms with Crippen LogP contribution in [0.4, 0.5) is 5.69 Å². The van der Waals surface area contributed by atoms with Crippen LogP contribution in [0.3, 0.4) is 0 Å². The second-order valence-electron chi connectivity index (χ2n) is 6.09. The molecule has 0 saturated carbocycles. The predicted octanol–water partition coefficient (Wildman–Crippen LogP) is 3.26. The minimum Gasteiger partial charge on any atom is -0.497 e. The van der Waals surface area contributed by atoms with Gasteiger partial charge in [-0.1, -0.05) is 0 Å². The van der Waals surface area contributed by atoms with Crippen molar-refractivity contribution in [3.05, 3.63) is 67.1 Å². The van der Waals surface area contributed by atoms with E-state index in [0.717, 1.165) is 28.0 Å². The fraction of sp³-hybridized carbons (Fsp3) is 0.150. The number of nitrogens with zero attached hydrogens (tertiary/aromatic N) is 4. The Morgan fingerprint density at radius 1 is 1.15 bits per heavy atom. The van der Waals surface area contributed by atoms with Gasteiger partial charge in [0.05, 0.1) is 31.1 Å². The van der Waals surface area contributed by atoms with Gasteiger partial charge in [-0.25, -0.2) is 4.68 Å². The molecule has 0 aliphatic rings. The maximum atomic E-state index is 12.3. The van der Waals surface area contributed by atoms with Crippen molar-refractivity contribution in [2.75, 3.05) is 12.4 Å². The number of nitrogens with one attached hydrogen (secondary N) is 1. The molecule has 2 heterocycles. The first-order valence-corrected chi connectivity index (χ1v) is 8.62. The molecule has 1 N–H and O–H groups in total. The van der Waals surface area contributed by atoms with E-state index < -0.39 is 0 Å². The number of hydrogen-bond acceptors (Lipinski definition) is 4. The number of anilines is 1. The van der Waals surface area contributed by atoms with Gasteiger partial charge < -0.3 is 10.1 Å². The molecule has 2 aromatic carbocycles. The van der Waals surface area contributed by atoms with Crippen LogP contribution in [-0.4, -0.2) is 32.6 Å². The third-order valence-corrected chi connectivity index (χ3v) is 4.32. The third kappa shape index (κ3) is 3.67. The lowest BCUT2D eigenvalue weighted by molar-refractivity contribution is -0.116. The summed E-state index contributed by atoms with van der Waals surface area (Å²) in [5.41, 5.74) is 2.68. The molecule has 7 heteroatoms. The van der Waals surface area contributed by atoms with Gasteiger partial charge >= 0.3 is 0 Å². The molecule has 1 amide bonds. The predicted molar refractivity (Wildman–Crippen MR) is 103 cm³/mol. The molecule has 0 unspecified atom stereocenters. The Hall–Kier alpha value is -3.61. The topological polar surface area (TPSA) is 74.0 Å². The zero-order valence-electron chi connectivity index (χ0n) is 14.9. The van der Waals surface area contributed by atoms with Crippen LogP contribution >= 0.6 is 0 Å². The highest BCUT2D eigenvalue weighted by Crippen LogP contribution is 2.20. The normalized spacial score (nSPS) is 10.9. The van der Waals surface area contributed by atoms with E-state index in [9.17, 15) is 4.79 Å². The molecule has 0 atom stereocenters. The number of hydrogen-bond donors (Lipinski definition) is 1. The highest BCUT2D eigenvalue weighted by atomic mass is 16.5. The number of carbonyl (C=O) groups excluding carboxylic acids is 1. The Kier molecular flexibility index (Phi) is 4.57. The Morgan fingerprint density at radius 3 is 2.74 bits per heavy atom. The van der Waals surface area contributed by atoms with E-state index in [1.807, 2.05) is 59.4 Å². The molecule has 136 valence electrons. The minimum atomic E-state index is -0.0565. The van der Waals surface area contributed by atoms with Crippen LogP contribution in [0.1, 0.15) is 6.42 Å². The Morgan fingerprint density at radius 2 is 2.00 bits per heavy atom. The quantitative estimate of drug-likeness (QED) is 0.572. The molecule has 0 fully saturated rings. The molecule has 0 bridgehead atoms. The Bertz CT molecular complexity index is 1050. The molecule has 4 aromatic rings. The van der Waals surface area contributed by atoms with E-state index in [1.54, 1.807) is 24.2 Å². The largest absolute Gasteiger partial charge is 0.497 e. The average Bonchev–Trinajstić information content (AvgIpc) is 3.36. The van der Waals surface area contributed by atoms with Gasteiger partial charge in [-0.15, -0.1) is 0 Å². The van der Waals surface area contributed by atoms with Crippen LogP contribution in [-0.2, 0) is 11.3 Å². The molecular weight excluding hydrogens is 342 g/mol. The number of benzene rings is 2. The number of ether oxygens (including phenoxy) is 1. The lowest BCUT2D eigenvalue weighted by atomic mass is 10.2. The summed E-state index contributed by atoms with van der Waals surface area (Å²) in [6.07, 6.45) is 5.72. The van der Waals surface area contributed by atoms with Crippen LogP contribution in [0.25, 0.3) is 16.6 Å². The second kappa shape index (κ2) is 7.33. The van der Waals surface area contributed by atoms with Crippen LogP contribution in [0.5, 0.6) is 5.75 Å². The second-order valence-corrected chi connectivity index (χ2v) is 6.09. The number of fused-ring (bicyclic) bond motifs is 1. The SMILES string of the molecule is COc1ccc2c(cnn2CCC(=O)Nc2ccc(-n3cccn3)cc2)c1. The number of aromatic nitrogens is 4. The average molecular weight is 361 g/mol. The van der Waals surface area contributed by atoms with Crippen molar-refractivity contribution in [3.63, 3.8) is 0 Å². The van der Waals surface area contributed by atoms with E-state index in [4.69, 9.17) is 4.74 Å². The Balaban J connectivity index is 1.37. The van der Waals surface area contributed by atoms with Crippen molar-refractivity contribution in [2.24, 2.45) is 0 Å². The molecule has 7 nitrogen and oxygen atoms in total.